The van der Waals surface area contributed by atoms with Crippen molar-refractivity contribution in [1.29, 1.82) is 0 Å². The molecule has 1 aromatic heterocycles. The number of unbranched alkanes of at least 4 members (excludes halogenated alkanes) is 2. The molecule has 1 N–H and O–H groups in total. The zero-order valence-corrected chi connectivity index (χ0v) is 10.7. The van der Waals surface area contributed by atoms with Crippen molar-refractivity contribution in [2.24, 2.45) is 0 Å². The lowest BCUT2D eigenvalue weighted by atomic mass is 10.2. The molecule has 86 valence electrons. The maximum Gasteiger partial charge on any atom is 0.193 e. The van der Waals surface area contributed by atoms with Gasteiger partial charge in [0.2, 0.25) is 0 Å². The first-order valence-corrected chi connectivity index (χ1v) is 7.04. The lowest BCUT2D eigenvalue weighted by molar-refractivity contribution is 0.480. The molecule has 0 fully saturated rings. The smallest absolute Gasteiger partial charge is 0.193 e. The zero-order valence-electron chi connectivity index (χ0n) is 9.09. The minimum absolute atomic E-state index is 0.465. The van der Waals surface area contributed by atoms with Crippen LogP contribution in [0.1, 0.15) is 25.0 Å². The van der Waals surface area contributed by atoms with Crippen LogP contribution in [0.2, 0.25) is 5.22 Å². The molecular formula is C11H18ClNOS. The molecule has 0 radical (unpaired) electrons. The lowest BCUT2D eigenvalue weighted by Gasteiger charge is -2.02. The van der Waals surface area contributed by atoms with E-state index in [1.165, 1.54) is 25.0 Å². The SMILES string of the molecule is CSCCCCCNCc1ccc(Cl)o1. The molecule has 0 unspecified atom stereocenters. The molecule has 1 aromatic rings. The second kappa shape index (κ2) is 8.08. The van der Waals surface area contributed by atoms with Crippen molar-refractivity contribution in [3.05, 3.63) is 23.1 Å². The van der Waals surface area contributed by atoms with Crippen LogP contribution in [0.4, 0.5) is 0 Å². The van der Waals surface area contributed by atoms with Gasteiger partial charge in [-0.15, -0.1) is 0 Å². The fourth-order valence-electron chi connectivity index (χ4n) is 1.33. The molecule has 4 heteroatoms. The van der Waals surface area contributed by atoms with E-state index < -0.39 is 0 Å². The van der Waals surface area contributed by atoms with Crippen molar-refractivity contribution in [3.8, 4) is 0 Å². The van der Waals surface area contributed by atoms with E-state index in [1.807, 2.05) is 17.8 Å². The Morgan fingerprint density at radius 1 is 1.33 bits per heavy atom. The minimum atomic E-state index is 0.465. The Morgan fingerprint density at radius 2 is 2.20 bits per heavy atom. The van der Waals surface area contributed by atoms with E-state index in [9.17, 15) is 0 Å². The van der Waals surface area contributed by atoms with Gasteiger partial charge in [-0.2, -0.15) is 11.8 Å². The molecule has 0 saturated carbocycles. The molecule has 0 aromatic carbocycles. The summed E-state index contributed by atoms with van der Waals surface area (Å²) in [6.07, 6.45) is 6.00. The highest BCUT2D eigenvalue weighted by Crippen LogP contribution is 2.12. The normalized spacial score (nSPS) is 10.8. The Hall–Kier alpha value is -0.120. The molecule has 1 heterocycles. The summed E-state index contributed by atoms with van der Waals surface area (Å²) >= 11 is 7.58. The maximum absolute atomic E-state index is 5.66. The molecule has 1 rings (SSSR count). The van der Waals surface area contributed by atoms with E-state index in [1.54, 1.807) is 6.07 Å². The van der Waals surface area contributed by atoms with Gasteiger partial charge in [0.25, 0.3) is 0 Å². The van der Waals surface area contributed by atoms with Gasteiger partial charge >= 0.3 is 0 Å². The largest absolute Gasteiger partial charge is 0.448 e. The van der Waals surface area contributed by atoms with E-state index in [0.717, 1.165) is 18.8 Å². The zero-order chi connectivity index (χ0) is 10.9. The summed E-state index contributed by atoms with van der Waals surface area (Å²) < 4.78 is 5.23. The van der Waals surface area contributed by atoms with Gasteiger partial charge in [0.05, 0.1) is 6.54 Å². The third-order valence-electron chi connectivity index (χ3n) is 2.13. The van der Waals surface area contributed by atoms with Crippen LogP contribution in [0, 0.1) is 0 Å². The average Bonchev–Trinajstić information content (AvgIpc) is 2.63. The summed E-state index contributed by atoms with van der Waals surface area (Å²) in [7, 11) is 0. The molecular weight excluding hydrogens is 230 g/mol. The summed E-state index contributed by atoms with van der Waals surface area (Å²) in [4.78, 5) is 0. The van der Waals surface area contributed by atoms with Crippen molar-refractivity contribution < 1.29 is 4.42 Å². The van der Waals surface area contributed by atoms with E-state index in [-0.39, 0.29) is 0 Å². The maximum atomic E-state index is 5.66. The average molecular weight is 248 g/mol. The van der Waals surface area contributed by atoms with Gasteiger partial charge in [0.15, 0.2) is 5.22 Å². The number of hydrogen-bond acceptors (Lipinski definition) is 3. The molecule has 0 amide bonds. The van der Waals surface area contributed by atoms with Crippen LogP contribution < -0.4 is 5.32 Å². The summed E-state index contributed by atoms with van der Waals surface area (Å²) in [6.45, 7) is 1.82. The monoisotopic (exact) mass is 247 g/mol. The van der Waals surface area contributed by atoms with Crippen LogP contribution in [-0.4, -0.2) is 18.6 Å². The Morgan fingerprint density at radius 3 is 2.87 bits per heavy atom. The van der Waals surface area contributed by atoms with Gasteiger partial charge in [-0.1, -0.05) is 6.42 Å². The number of rotatable bonds is 8. The number of thioether (sulfide) groups is 1. The predicted octanol–water partition coefficient (Wildman–Crippen LogP) is 3.56. The van der Waals surface area contributed by atoms with E-state index in [4.69, 9.17) is 16.0 Å². The molecule has 2 nitrogen and oxygen atoms in total. The molecule has 0 bridgehead atoms. The number of halogens is 1. The standard InChI is InChI=1S/C11H18ClNOS/c1-15-8-4-2-3-7-13-9-10-5-6-11(12)14-10/h5-6,13H,2-4,7-9H2,1H3. The number of nitrogens with one attached hydrogen (secondary N) is 1. The molecule has 0 spiro atoms. The highest BCUT2D eigenvalue weighted by atomic mass is 35.5. The Balaban J connectivity index is 1.93. The predicted molar refractivity (Wildman–Crippen MR) is 67.7 cm³/mol. The van der Waals surface area contributed by atoms with E-state index >= 15 is 0 Å². The van der Waals surface area contributed by atoms with Crippen molar-refractivity contribution in [2.45, 2.75) is 25.8 Å². The number of furan rings is 1. The van der Waals surface area contributed by atoms with Crippen molar-refractivity contribution in [3.63, 3.8) is 0 Å². The van der Waals surface area contributed by atoms with E-state index in [0.29, 0.717) is 5.22 Å². The van der Waals surface area contributed by atoms with Crippen LogP contribution in [0.5, 0.6) is 0 Å². The minimum Gasteiger partial charge on any atom is -0.448 e. The van der Waals surface area contributed by atoms with Crippen molar-refractivity contribution in [1.82, 2.24) is 5.32 Å². The first-order valence-electron chi connectivity index (χ1n) is 5.27. The van der Waals surface area contributed by atoms with Gasteiger partial charge in [-0.05, 0) is 55.1 Å². The van der Waals surface area contributed by atoms with Crippen molar-refractivity contribution in [2.75, 3.05) is 18.6 Å². The van der Waals surface area contributed by atoms with E-state index in [2.05, 4.69) is 11.6 Å². The molecule has 0 atom stereocenters. The molecule has 0 saturated heterocycles. The highest BCUT2D eigenvalue weighted by molar-refractivity contribution is 7.98. The Bertz CT molecular complexity index is 265. The quantitative estimate of drug-likeness (QED) is 0.712. The van der Waals surface area contributed by atoms with Crippen LogP contribution in [0.3, 0.4) is 0 Å². The summed E-state index contributed by atoms with van der Waals surface area (Å²) in [6, 6.07) is 3.68. The first kappa shape index (κ1) is 12.9. The van der Waals surface area contributed by atoms with Gasteiger partial charge in [0, 0.05) is 0 Å². The third-order valence-corrected chi connectivity index (χ3v) is 3.03. The number of hydrogen-bond donors (Lipinski definition) is 1. The van der Waals surface area contributed by atoms with Gasteiger partial charge in [-0.3, -0.25) is 0 Å². The molecule has 0 aliphatic carbocycles. The second-order valence-electron chi connectivity index (χ2n) is 3.44. The molecule has 0 aliphatic rings. The first-order chi connectivity index (χ1) is 7.33. The van der Waals surface area contributed by atoms with Crippen molar-refractivity contribution >= 4 is 23.4 Å². The molecule has 0 aliphatic heterocycles. The summed E-state index contributed by atoms with van der Waals surface area (Å²) in [5, 5.41) is 3.80. The van der Waals surface area contributed by atoms with Crippen LogP contribution in [0.25, 0.3) is 0 Å². The third kappa shape index (κ3) is 6.13. The van der Waals surface area contributed by atoms with Crippen LogP contribution >= 0.6 is 23.4 Å². The Kier molecular flexibility index (Phi) is 6.98. The summed E-state index contributed by atoms with van der Waals surface area (Å²) in [5.41, 5.74) is 0. The Labute approximate surface area is 101 Å². The molecule has 15 heavy (non-hydrogen) atoms. The topological polar surface area (TPSA) is 25.2 Å². The lowest BCUT2D eigenvalue weighted by Crippen LogP contribution is -2.14. The summed E-state index contributed by atoms with van der Waals surface area (Å²) in [5.74, 6) is 2.18. The van der Waals surface area contributed by atoms with Gasteiger partial charge < -0.3 is 9.73 Å². The van der Waals surface area contributed by atoms with Gasteiger partial charge in [0.1, 0.15) is 5.76 Å². The fraction of sp³-hybridized carbons (Fsp3) is 0.636. The van der Waals surface area contributed by atoms with Gasteiger partial charge in [-0.25, -0.2) is 0 Å². The van der Waals surface area contributed by atoms with Crippen LogP contribution in [-0.2, 0) is 6.54 Å². The van der Waals surface area contributed by atoms with Crippen LogP contribution in [0.15, 0.2) is 16.5 Å². The fourth-order valence-corrected chi connectivity index (χ4v) is 1.99. The highest BCUT2D eigenvalue weighted by Gasteiger charge is 1.98. The second-order valence-corrected chi connectivity index (χ2v) is 4.79.